The van der Waals surface area contributed by atoms with Gasteiger partial charge in [0.05, 0.1) is 5.56 Å². The van der Waals surface area contributed by atoms with E-state index in [0.717, 1.165) is 0 Å². The fraction of sp³-hybridized carbons (Fsp3) is 0. The van der Waals surface area contributed by atoms with Gasteiger partial charge in [-0.05, 0) is 6.07 Å². The predicted octanol–water partition coefficient (Wildman–Crippen LogP) is -0.0453. The fourth-order valence-electron chi connectivity index (χ4n) is 1.61. The molecule has 2 rings (SSSR count). The van der Waals surface area contributed by atoms with Crippen LogP contribution in [0.2, 0.25) is 0 Å². The topological polar surface area (TPSA) is 112 Å². The molecule has 0 aliphatic rings. The van der Waals surface area contributed by atoms with Crippen molar-refractivity contribution in [3.63, 3.8) is 0 Å². The molecule has 0 unspecified atom stereocenters. The van der Waals surface area contributed by atoms with Crippen LogP contribution in [-0.4, -0.2) is 33.2 Å². The number of aromatic carboxylic acids is 1. The monoisotopic (exact) mass is 328 g/mol. The maximum Gasteiger partial charge on any atom is 1.00 e. The molecular formula is C15H13KO6. The van der Waals surface area contributed by atoms with E-state index in [1.54, 1.807) is 42.5 Å². The smallest absolute Gasteiger partial charge is 1.00 e. The molecular weight excluding hydrogens is 315 g/mol. The molecule has 2 aromatic rings. The molecule has 0 amide bonds. The third-order valence-corrected chi connectivity index (χ3v) is 2.44. The molecule has 0 aliphatic heterocycles. The van der Waals surface area contributed by atoms with Gasteiger partial charge in [-0.25, -0.2) is 9.59 Å². The molecule has 22 heavy (non-hydrogen) atoms. The van der Waals surface area contributed by atoms with Crippen molar-refractivity contribution in [1.29, 1.82) is 0 Å². The van der Waals surface area contributed by atoms with E-state index in [2.05, 4.69) is 0 Å². The van der Waals surface area contributed by atoms with Crippen molar-refractivity contribution < 1.29 is 82.5 Å². The summed E-state index contributed by atoms with van der Waals surface area (Å²) in [4.78, 5) is 31.7. The normalized spacial score (nSPS) is 8.73. The summed E-state index contributed by atoms with van der Waals surface area (Å²) in [5.74, 6) is -1.37. The first-order valence-electron chi connectivity index (χ1n) is 5.77. The maximum atomic E-state index is 12.1. The van der Waals surface area contributed by atoms with Gasteiger partial charge in [-0.3, -0.25) is 4.79 Å². The fourth-order valence-corrected chi connectivity index (χ4v) is 1.61. The molecule has 0 spiro atoms. The second-order valence-corrected chi connectivity index (χ2v) is 3.83. The first-order chi connectivity index (χ1) is 9.93. The Balaban J connectivity index is 0. The van der Waals surface area contributed by atoms with Gasteiger partial charge in [0.2, 0.25) is 0 Å². The Hall–Kier alpha value is -1.51. The van der Waals surface area contributed by atoms with Crippen LogP contribution in [0.5, 0.6) is 0 Å². The number of benzene rings is 2. The Morgan fingerprint density at radius 1 is 0.727 bits per heavy atom. The third kappa shape index (κ3) is 6.50. The molecule has 0 aliphatic carbocycles. The third-order valence-electron chi connectivity index (χ3n) is 2.44. The van der Waals surface area contributed by atoms with Crippen molar-refractivity contribution in [2.24, 2.45) is 0 Å². The summed E-state index contributed by atoms with van der Waals surface area (Å²) in [6, 6.07) is 14.8. The minimum atomic E-state index is -1.83. The van der Waals surface area contributed by atoms with E-state index >= 15 is 0 Å². The molecule has 0 saturated heterocycles. The molecule has 0 radical (unpaired) electrons. The van der Waals surface area contributed by atoms with Crippen LogP contribution in [0.15, 0.2) is 54.6 Å². The van der Waals surface area contributed by atoms with Crippen molar-refractivity contribution in [3.05, 3.63) is 71.3 Å². The maximum absolute atomic E-state index is 12.1. The number of carboxylic acids is 1. The average Bonchev–Trinajstić information content (AvgIpc) is 2.47. The SMILES string of the molecule is O=C(O)O.O=C(O)c1ccccc1C(=O)c1ccccc1.[H-].[K+]. The van der Waals surface area contributed by atoms with Gasteiger partial charge in [0.25, 0.3) is 0 Å². The molecule has 0 fully saturated rings. The molecule has 7 heteroatoms. The van der Waals surface area contributed by atoms with Crippen LogP contribution in [0.4, 0.5) is 4.79 Å². The van der Waals surface area contributed by atoms with Crippen LogP contribution in [0, 0.1) is 0 Å². The first-order valence-corrected chi connectivity index (χ1v) is 5.77. The van der Waals surface area contributed by atoms with E-state index in [1.807, 2.05) is 0 Å². The summed E-state index contributed by atoms with van der Waals surface area (Å²) in [5.41, 5.74) is 0.730. The van der Waals surface area contributed by atoms with Crippen molar-refractivity contribution in [2.75, 3.05) is 0 Å². The molecule has 0 atom stereocenters. The first kappa shape index (κ1) is 20.5. The quantitative estimate of drug-likeness (QED) is 0.538. The van der Waals surface area contributed by atoms with Gasteiger partial charge in [0, 0.05) is 11.1 Å². The van der Waals surface area contributed by atoms with Gasteiger partial charge in [0.15, 0.2) is 5.78 Å². The molecule has 3 N–H and O–H groups in total. The number of rotatable bonds is 3. The molecule has 0 heterocycles. The minimum Gasteiger partial charge on any atom is -1.00 e. The summed E-state index contributed by atoms with van der Waals surface area (Å²) in [6.45, 7) is 0. The molecule has 0 bridgehead atoms. The van der Waals surface area contributed by atoms with Crippen LogP contribution in [0.1, 0.15) is 27.7 Å². The summed E-state index contributed by atoms with van der Waals surface area (Å²) in [7, 11) is 0. The van der Waals surface area contributed by atoms with Gasteiger partial charge in [-0.2, -0.15) is 0 Å². The Morgan fingerprint density at radius 2 is 1.14 bits per heavy atom. The van der Waals surface area contributed by atoms with E-state index in [-0.39, 0.29) is 69.7 Å². The number of hydrogen-bond donors (Lipinski definition) is 3. The number of ketones is 1. The summed E-state index contributed by atoms with van der Waals surface area (Å²) in [5, 5.41) is 23.0. The second-order valence-electron chi connectivity index (χ2n) is 3.83. The van der Waals surface area contributed by atoms with E-state index in [1.165, 1.54) is 12.1 Å². The van der Waals surface area contributed by atoms with E-state index < -0.39 is 12.1 Å². The van der Waals surface area contributed by atoms with Crippen LogP contribution >= 0.6 is 0 Å². The zero-order valence-electron chi connectivity index (χ0n) is 12.8. The zero-order valence-corrected chi connectivity index (χ0v) is 14.9. The van der Waals surface area contributed by atoms with Crippen LogP contribution in [-0.2, 0) is 0 Å². The van der Waals surface area contributed by atoms with Crippen LogP contribution < -0.4 is 51.4 Å². The second kappa shape index (κ2) is 10.3. The van der Waals surface area contributed by atoms with Crippen molar-refractivity contribution in [1.82, 2.24) is 0 Å². The van der Waals surface area contributed by atoms with Crippen LogP contribution in [0.3, 0.4) is 0 Å². The Bertz CT molecular complexity index is 656. The summed E-state index contributed by atoms with van der Waals surface area (Å²) >= 11 is 0. The summed E-state index contributed by atoms with van der Waals surface area (Å²) in [6.07, 6.45) is -1.83. The van der Waals surface area contributed by atoms with Gasteiger partial charge < -0.3 is 16.7 Å². The molecule has 2 aromatic carbocycles. The van der Waals surface area contributed by atoms with Gasteiger partial charge >= 0.3 is 63.5 Å². The number of carbonyl (C=O) groups excluding carboxylic acids is 1. The number of carbonyl (C=O) groups is 3. The van der Waals surface area contributed by atoms with Crippen molar-refractivity contribution >= 4 is 17.9 Å². The average molecular weight is 328 g/mol. The van der Waals surface area contributed by atoms with Gasteiger partial charge in [0.1, 0.15) is 0 Å². The van der Waals surface area contributed by atoms with Crippen molar-refractivity contribution in [2.45, 2.75) is 0 Å². The zero-order chi connectivity index (χ0) is 15.8. The predicted molar refractivity (Wildman–Crippen MR) is 75.0 cm³/mol. The van der Waals surface area contributed by atoms with Crippen LogP contribution in [0.25, 0.3) is 0 Å². The van der Waals surface area contributed by atoms with E-state index in [0.29, 0.717) is 5.56 Å². The Kier molecular flexibility index (Phi) is 9.55. The largest absolute Gasteiger partial charge is 1.00 e. The number of hydrogen-bond acceptors (Lipinski definition) is 3. The molecule has 6 nitrogen and oxygen atoms in total. The molecule has 110 valence electrons. The number of carboxylic acid groups (broad SMARTS) is 3. The molecule has 0 aromatic heterocycles. The standard InChI is InChI=1S/C14H10O3.CH2O3.K.H/c15-13(10-6-2-1-3-7-10)11-8-4-5-9-12(11)14(16)17;2-1(3)4;;/h1-9H,(H,16,17);(H2,2,3,4);;/q;;+1;-1. The van der Waals surface area contributed by atoms with Crippen molar-refractivity contribution in [3.8, 4) is 0 Å². The minimum absolute atomic E-state index is 0. The Labute approximate surface area is 170 Å². The Morgan fingerprint density at radius 3 is 1.59 bits per heavy atom. The van der Waals surface area contributed by atoms with E-state index in [4.69, 9.17) is 20.1 Å². The van der Waals surface area contributed by atoms with Gasteiger partial charge in [-0.15, -0.1) is 0 Å². The summed E-state index contributed by atoms with van der Waals surface area (Å²) < 4.78 is 0. The van der Waals surface area contributed by atoms with E-state index in [9.17, 15) is 9.59 Å². The van der Waals surface area contributed by atoms with Gasteiger partial charge in [-0.1, -0.05) is 48.5 Å². The molecule has 0 saturated carbocycles.